The van der Waals surface area contributed by atoms with Gasteiger partial charge in [-0.1, -0.05) is 12.1 Å². The van der Waals surface area contributed by atoms with Crippen LogP contribution in [0.4, 0.5) is 17.6 Å². The summed E-state index contributed by atoms with van der Waals surface area (Å²) >= 11 is 0. The fourth-order valence-corrected chi connectivity index (χ4v) is 1.88. The van der Waals surface area contributed by atoms with Gasteiger partial charge in [0.25, 0.3) is 11.8 Å². The van der Waals surface area contributed by atoms with Crippen LogP contribution in [0.3, 0.4) is 0 Å². The molecule has 2 aromatic carbocycles. The zero-order valence-corrected chi connectivity index (χ0v) is 13.5. The number of hydrogen-bond donors (Lipinski definition) is 2. The quantitative estimate of drug-likeness (QED) is 0.482. The number of amides is 2. The second-order valence-corrected chi connectivity index (χ2v) is 5.13. The van der Waals surface area contributed by atoms with E-state index in [9.17, 15) is 31.9 Å². The Morgan fingerprint density at radius 1 is 0.926 bits per heavy atom. The van der Waals surface area contributed by atoms with Crippen LogP contribution in [-0.2, 0) is 15.7 Å². The summed E-state index contributed by atoms with van der Waals surface area (Å²) in [4.78, 5) is 34.9. The summed E-state index contributed by atoms with van der Waals surface area (Å²) in [5.41, 5.74) is 2.41. The van der Waals surface area contributed by atoms with E-state index < -0.39 is 41.9 Å². The maximum absolute atomic E-state index is 13.4. The molecule has 0 aliphatic carbocycles. The molecule has 2 N–H and O–H groups in total. The van der Waals surface area contributed by atoms with Gasteiger partial charge in [-0.3, -0.25) is 20.4 Å². The number of alkyl halides is 3. The molecule has 0 heterocycles. The first-order valence-electron chi connectivity index (χ1n) is 7.36. The van der Waals surface area contributed by atoms with Crippen LogP contribution in [0.15, 0.2) is 48.5 Å². The third-order valence-electron chi connectivity index (χ3n) is 3.22. The van der Waals surface area contributed by atoms with E-state index in [1.807, 2.05) is 10.9 Å². The number of halogens is 4. The third kappa shape index (κ3) is 5.53. The normalized spacial score (nSPS) is 10.8. The molecule has 0 bridgehead atoms. The van der Waals surface area contributed by atoms with Crippen LogP contribution in [0.1, 0.15) is 26.3 Å². The summed E-state index contributed by atoms with van der Waals surface area (Å²) in [6.07, 6.45) is -4.54. The fourth-order valence-electron chi connectivity index (χ4n) is 1.88. The lowest BCUT2D eigenvalue weighted by atomic mass is 10.1. The first-order chi connectivity index (χ1) is 12.7. The molecular weight excluding hydrogens is 372 g/mol. The molecule has 0 fully saturated rings. The van der Waals surface area contributed by atoms with E-state index >= 15 is 0 Å². The lowest BCUT2D eigenvalue weighted by Gasteiger charge is -2.09. The molecular formula is C17H12F4N2O4. The van der Waals surface area contributed by atoms with Crippen molar-refractivity contribution in [2.75, 3.05) is 6.61 Å². The van der Waals surface area contributed by atoms with Crippen molar-refractivity contribution in [1.82, 2.24) is 10.9 Å². The van der Waals surface area contributed by atoms with Crippen molar-refractivity contribution in [1.29, 1.82) is 0 Å². The van der Waals surface area contributed by atoms with Gasteiger partial charge in [0.05, 0.1) is 16.7 Å². The average molecular weight is 384 g/mol. The highest BCUT2D eigenvalue weighted by atomic mass is 19.4. The fraction of sp³-hybridized carbons (Fsp3) is 0.118. The van der Waals surface area contributed by atoms with Crippen LogP contribution < -0.4 is 10.9 Å². The summed E-state index contributed by atoms with van der Waals surface area (Å²) in [5, 5.41) is 0. The van der Waals surface area contributed by atoms with Crippen LogP contribution in [-0.4, -0.2) is 24.4 Å². The van der Waals surface area contributed by atoms with E-state index in [2.05, 4.69) is 4.74 Å². The monoisotopic (exact) mass is 384 g/mol. The Morgan fingerprint density at radius 2 is 1.56 bits per heavy atom. The molecule has 2 aromatic rings. The number of hydrazine groups is 1. The van der Waals surface area contributed by atoms with Crippen molar-refractivity contribution in [2.24, 2.45) is 0 Å². The highest BCUT2D eigenvalue weighted by Gasteiger charge is 2.30. The number of esters is 1. The van der Waals surface area contributed by atoms with E-state index in [-0.39, 0.29) is 11.1 Å². The molecule has 0 spiro atoms. The predicted octanol–water partition coefficient (Wildman–Crippen LogP) is 2.46. The number of benzene rings is 2. The second kappa shape index (κ2) is 8.30. The predicted molar refractivity (Wildman–Crippen MR) is 83.7 cm³/mol. The van der Waals surface area contributed by atoms with Crippen molar-refractivity contribution in [3.05, 3.63) is 71.0 Å². The number of rotatable bonds is 4. The lowest BCUT2D eigenvalue weighted by molar-refractivity contribution is -0.137. The molecule has 27 heavy (non-hydrogen) atoms. The van der Waals surface area contributed by atoms with E-state index in [0.717, 1.165) is 18.2 Å². The number of nitrogens with one attached hydrogen (secondary N) is 2. The molecule has 0 atom stereocenters. The summed E-state index contributed by atoms with van der Waals surface area (Å²) in [7, 11) is 0. The molecule has 0 saturated carbocycles. The van der Waals surface area contributed by atoms with Crippen molar-refractivity contribution < 1.29 is 36.7 Å². The molecule has 0 aliphatic rings. The molecule has 0 radical (unpaired) electrons. The van der Waals surface area contributed by atoms with Gasteiger partial charge < -0.3 is 4.74 Å². The molecule has 2 rings (SSSR count). The van der Waals surface area contributed by atoms with Crippen LogP contribution in [0.5, 0.6) is 0 Å². The minimum absolute atomic E-state index is 0.189. The Kier molecular flexibility index (Phi) is 6.11. The number of carbonyl (C=O) groups excluding carboxylic acids is 3. The van der Waals surface area contributed by atoms with Crippen molar-refractivity contribution in [3.63, 3.8) is 0 Å². The zero-order valence-electron chi connectivity index (χ0n) is 13.5. The summed E-state index contributed by atoms with van der Waals surface area (Å²) in [6.45, 7) is -0.808. The number of ether oxygens (including phenoxy) is 1. The molecule has 142 valence electrons. The van der Waals surface area contributed by atoms with Gasteiger partial charge in [0.2, 0.25) is 0 Å². The first kappa shape index (κ1) is 19.9. The zero-order chi connectivity index (χ0) is 20.0. The standard InChI is InChI=1S/C17H12F4N2O4/c18-13-4-2-1-3-12(13)15(25)23-22-14(24)9-27-16(26)10-5-7-11(8-6-10)17(19,20)21/h1-8H,9H2,(H,22,24)(H,23,25). The van der Waals surface area contributed by atoms with E-state index in [4.69, 9.17) is 0 Å². The Hall–Kier alpha value is -3.43. The largest absolute Gasteiger partial charge is 0.452 e. The maximum Gasteiger partial charge on any atom is 0.416 e. The molecule has 10 heteroatoms. The van der Waals surface area contributed by atoms with Gasteiger partial charge in [-0.05, 0) is 36.4 Å². The van der Waals surface area contributed by atoms with E-state index in [0.29, 0.717) is 12.1 Å². The minimum atomic E-state index is -4.54. The highest BCUT2D eigenvalue weighted by Crippen LogP contribution is 2.29. The Morgan fingerprint density at radius 3 is 2.15 bits per heavy atom. The lowest BCUT2D eigenvalue weighted by Crippen LogP contribution is -2.43. The highest BCUT2D eigenvalue weighted by molar-refractivity contribution is 5.96. The molecule has 2 amide bonds. The van der Waals surface area contributed by atoms with E-state index in [1.165, 1.54) is 18.2 Å². The minimum Gasteiger partial charge on any atom is -0.452 e. The summed E-state index contributed by atoms with van der Waals surface area (Å²) in [5.74, 6) is -3.67. The topological polar surface area (TPSA) is 84.5 Å². The van der Waals surface area contributed by atoms with Crippen molar-refractivity contribution >= 4 is 17.8 Å². The van der Waals surface area contributed by atoms with Gasteiger partial charge in [0.1, 0.15) is 5.82 Å². The van der Waals surface area contributed by atoms with Gasteiger partial charge in [-0.15, -0.1) is 0 Å². The Balaban J connectivity index is 1.82. The third-order valence-corrected chi connectivity index (χ3v) is 3.22. The smallest absolute Gasteiger partial charge is 0.416 e. The summed E-state index contributed by atoms with van der Waals surface area (Å²) < 4.78 is 55.3. The SMILES string of the molecule is O=C(COC(=O)c1ccc(C(F)(F)F)cc1)NNC(=O)c1ccccc1F. The number of carbonyl (C=O) groups is 3. The molecule has 0 saturated heterocycles. The Labute approximate surface area is 150 Å². The Bertz CT molecular complexity index is 851. The van der Waals surface area contributed by atoms with Gasteiger partial charge in [0, 0.05) is 0 Å². The van der Waals surface area contributed by atoms with Gasteiger partial charge >= 0.3 is 12.1 Å². The van der Waals surface area contributed by atoms with Crippen LogP contribution in [0.2, 0.25) is 0 Å². The molecule has 0 aliphatic heterocycles. The molecule has 0 unspecified atom stereocenters. The molecule has 0 aromatic heterocycles. The van der Waals surface area contributed by atoms with Gasteiger partial charge in [-0.25, -0.2) is 9.18 Å². The van der Waals surface area contributed by atoms with Gasteiger partial charge in [-0.2, -0.15) is 13.2 Å². The van der Waals surface area contributed by atoms with Crippen LogP contribution in [0, 0.1) is 5.82 Å². The van der Waals surface area contributed by atoms with E-state index in [1.54, 1.807) is 0 Å². The summed E-state index contributed by atoms with van der Waals surface area (Å²) in [6, 6.07) is 8.27. The van der Waals surface area contributed by atoms with Crippen molar-refractivity contribution in [3.8, 4) is 0 Å². The van der Waals surface area contributed by atoms with Crippen LogP contribution in [0.25, 0.3) is 0 Å². The molecule has 6 nitrogen and oxygen atoms in total. The maximum atomic E-state index is 13.4. The van der Waals surface area contributed by atoms with Gasteiger partial charge in [0.15, 0.2) is 6.61 Å². The van der Waals surface area contributed by atoms with Crippen LogP contribution >= 0.6 is 0 Å². The van der Waals surface area contributed by atoms with Crippen molar-refractivity contribution in [2.45, 2.75) is 6.18 Å². The average Bonchev–Trinajstić information content (AvgIpc) is 2.64. The number of hydrogen-bond acceptors (Lipinski definition) is 4. The first-order valence-corrected chi connectivity index (χ1v) is 7.36. The second-order valence-electron chi connectivity index (χ2n) is 5.13.